The van der Waals surface area contributed by atoms with Crippen molar-refractivity contribution >= 4 is 17.2 Å². The molecule has 0 aliphatic rings. The van der Waals surface area contributed by atoms with Crippen molar-refractivity contribution in [3.8, 4) is 10.6 Å². The molecular formula is C16H16N4OS. The van der Waals surface area contributed by atoms with Crippen LogP contribution in [-0.2, 0) is 17.9 Å². The molecule has 6 heteroatoms. The molecule has 3 aromatic rings. The van der Waals surface area contributed by atoms with Crippen molar-refractivity contribution in [3.05, 3.63) is 60.1 Å². The fraction of sp³-hybridized carbons (Fsp3) is 0.188. The molecule has 2 aromatic heterocycles. The minimum Gasteiger partial charge on any atom is -0.338 e. The van der Waals surface area contributed by atoms with Crippen LogP contribution in [0.2, 0.25) is 0 Å². The van der Waals surface area contributed by atoms with E-state index in [4.69, 9.17) is 0 Å². The SMILES string of the molecule is CN(Cc1csc(-c2ccccc2)n1)C(=O)Cn1ccnc1. The van der Waals surface area contributed by atoms with E-state index in [0.717, 1.165) is 16.3 Å². The molecule has 0 saturated carbocycles. The highest BCUT2D eigenvalue weighted by molar-refractivity contribution is 7.13. The van der Waals surface area contributed by atoms with Crippen LogP contribution in [0.1, 0.15) is 5.69 Å². The average molecular weight is 312 g/mol. The number of amides is 1. The first kappa shape index (κ1) is 14.5. The van der Waals surface area contributed by atoms with E-state index < -0.39 is 0 Å². The molecule has 0 saturated heterocycles. The highest BCUT2D eigenvalue weighted by Crippen LogP contribution is 2.23. The second-order valence-electron chi connectivity index (χ2n) is 4.99. The number of hydrogen-bond donors (Lipinski definition) is 0. The average Bonchev–Trinajstić information content (AvgIpc) is 3.20. The normalized spacial score (nSPS) is 10.6. The summed E-state index contributed by atoms with van der Waals surface area (Å²) in [4.78, 5) is 22.4. The first-order valence-electron chi connectivity index (χ1n) is 6.92. The van der Waals surface area contributed by atoms with Gasteiger partial charge in [0.25, 0.3) is 0 Å². The predicted molar refractivity (Wildman–Crippen MR) is 86.3 cm³/mol. The van der Waals surface area contributed by atoms with E-state index >= 15 is 0 Å². The zero-order valence-electron chi connectivity index (χ0n) is 12.2. The van der Waals surface area contributed by atoms with Gasteiger partial charge < -0.3 is 9.47 Å². The molecule has 1 aromatic carbocycles. The van der Waals surface area contributed by atoms with Crippen LogP contribution in [0.15, 0.2) is 54.4 Å². The molecule has 0 aliphatic heterocycles. The Morgan fingerprint density at radius 1 is 1.32 bits per heavy atom. The Hall–Kier alpha value is -2.47. The summed E-state index contributed by atoms with van der Waals surface area (Å²) in [5, 5.41) is 2.98. The fourth-order valence-corrected chi connectivity index (χ4v) is 2.90. The summed E-state index contributed by atoms with van der Waals surface area (Å²) in [7, 11) is 1.79. The summed E-state index contributed by atoms with van der Waals surface area (Å²) in [6.45, 7) is 0.809. The molecule has 0 radical (unpaired) electrons. The van der Waals surface area contributed by atoms with Gasteiger partial charge in [0.2, 0.25) is 5.91 Å². The number of carbonyl (C=O) groups excluding carboxylic acids is 1. The Morgan fingerprint density at radius 2 is 2.14 bits per heavy atom. The first-order chi connectivity index (χ1) is 10.7. The van der Waals surface area contributed by atoms with Gasteiger partial charge in [-0.3, -0.25) is 4.79 Å². The highest BCUT2D eigenvalue weighted by atomic mass is 32.1. The van der Waals surface area contributed by atoms with Gasteiger partial charge in [0.1, 0.15) is 11.6 Å². The zero-order valence-corrected chi connectivity index (χ0v) is 13.0. The van der Waals surface area contributed by atoms with Gasteiger partial charge >= 0.3 is 0 Å². The van der Waals surface area contributed by atoms with E-state index in [9.17, 15) is 4.79 Å². The van der Waals surface area contributed by atoms with Crippen LogP contribution in [0, 0.1) is 0 Å². The van der Waals surface area contributed by atoms with E-state index in [1.807, 2.05) is 35.7 Å². The van der Waals surface area contributed by atoms with Gasteiger partial charge in [-0.1, -0.05) is 30.3 Å². The smallest absolute Gasteiger partial charge is 0.242 e. The molecule has 2 heterocycles. The number of likely N-dealkylation sites (N-methyl/N-ethyl adjacent to an activating group) is 1. The Labute approximate surface area is 132 Å². The van der Waals surface area contributed by atoms with Gasteiger partial charge in [0, 0.05) is 30.4 Å². The summed E-state index contributed by atoms with van der Waals surface area (Å²) in [5.74, 6) is 0.0345. The van der Waals surface area contributed by atoms with Gasteiger partial charge in [-0.25, -0.2) is 9.97 Å². The molecule has 22 heavy (non-hydrogen) atoms. The predicted octanol–water partition coefficient (Wildman–Crippen LogP) is 2.67. The van der Waals surface area contributed by atoms with Crippen LogP contribution in [0.25, 0.3) is 10.6 Å². The maximum absolute atomic E-state index is 12.1. The Morgan fingerprint density at radius 3 is 2.86 bits per heavy atom. The van der Waals surface area contributed by atoms with Crippen molar-refractivity contribution in [1.29, 1.82) is 0 Å². The summed E-state index contributed by atoms with van der Waals surface area (Å²) in [5.41, 5.74) is 2.01. The van der Waals surface area contributed by atoms with Gasteiger partial charge in [-0.05, 0) is 0 Å². The van der Waals surface area contributed by atoms with Crippen LogP contribution < -0.4 is 0 Å². The monoisotopic (exact) mass is 312 g/mol. The zero-order chi connectivity index (χ0) is 15.4. The molecule has 0 bridgehead atoms. The van der Waals surface area contributed by atoms with Crippen LogP contribution in [0.3, 0.4) is 0 Å². The third kappa shape index (κ3) is 3.40. The molecule has 0 N–H and O–H groups in total. The Bertz CT molecular complexity index is 737. The van der Waals surface area contributed by atoms with Gasteiger partial charge in [-0.2, -0.15) is 0 Å². The number of benzene rings is 1. The molecule has 0 spiro atoms. The van der Waals surface area contributed by atoms with Crippen LogP contribution >= 0.6 is 11.3 Å². The quantitative estimate of drug-likeness (QED) is 0.728. The highest BCUT2D eigenvalue weighted by Gasteiger charge is 2.12. The van der Waals surface area contributed by atoms with Crippen molar-refractivity contribution in [1.82, 2.24) is 19.4 Å². The summed E-state index contributed by atoms with van der Waals surface area (Å²) >= 11 is 1.60. The molecule has 0 fully saturated rings. The topological polar surface area (TPSA) is 51.0 Å². The number of aromatic nitrogens is 3. The minimum atomic E-state index is 0.0345. The minimum absolute atomic E-state index is 0.0345. The van der Waals surface area contributed by atoms with E-state index in [-0.39, 0.29) is 5.91 Å². The number of hydrogen-bond acceptors (Lipinski definition) is 4. The number of thiazole rings is 1. The van der Waals surface area contributed by atoms with E-state index in [0.29, 0.717) is 13.1 Å². The lowest BCUT2D eigenvalue weighted by molar-refractivity contribution is -0.131. The molecule has 0 aliphatic carbocycles. The van der Waals surface area contributed by atoms with Crippen LogP contribution in [0.5, 0.6) is 0 Å². The number of rotatable bonds is 5. The number of imidazole rings is 1. The Kier molecular flexibility index (Phi) is 4.29. The standard InChI is InChI=1S/C16H16N4OS/c1-19(15(21)10-20-8-7-17-12-20)9-14-11-22-16(18-14)13-5-3-2-4-6-13/h2-8,11-12H,9-10H2,1H3. The second-order valence-corrected chi connectivity index (χ2v) is 5.85. The first-order valence-corrected chi connectivity index (χ1v) is 7.80. The summed E-state index contributed by atoms with van der Waals surface area (Å²) in [6.07, 6.45) is 5.09. The Balaban J connectivity index is 1.63. The van der Waals surface area contributed by atoms with E-state index in [2.05, 4.69) is 9.97 Å². The van der Waals surface area contributed by atoms with Crippen molar-refractivity contribution in [2.75, 3.05) is 7.05 Å². The lowest BCUT2D eigenvalue weighted by atomic mass is 10.2. The molecular weight excluding hydrogens is 296 g/mol. The van der Waals surface area contributed by atoms with Crippen molar-refractivity contribution in [2.45, 2.75) is 13.1 Å². The maximum Gasteiger partial charge on any atom is 0.242 e. The van der Waals surface area contributed by atoms with Crippen molar-refractivity contribution < 1.29 is 4.79 Å². The maximum atomic E-state index is 12.1. The van der Waals surface area contributed by atoms with Gasteiger partial charge in [0.15, 0.2) is 0 Å². The third-order valence-electron chi connectivity index (χ3n) is 3.27. The van der Waals surface area contributed by atoms with Crippen LogP contribution in [0.4, 0.5) is 0 Å². The molecule has 1 amide bonds. The number of carbonyl (C=O) groups is 1. The molecule has 3 rings (SSSR count). The lowest BCUT2D eigenvalue weighted by Crippen LogP contribution is -2.29. The second kappa shape index (κ2) is 6.53. The fourth-order valence-electron chi connectivity index (χ4n) is 2.08. The summed E-state index contributed by atoms with van der Waals surface area (Å²) in [6, 6.07) is 10.1. The number of nitrogens with zero attached hydrogens (tertiary/aromatic N) is 4. The van der Waals surface area contributed by atoms with Crippen molar-refractivity contribution in [3.63, 3.8) is 0 Å². The third-order valence-corrected chi connectivity index (χ3v) is 4.21. The summed E-state index contributed by atoms with van der Waals surface area (Å²) < 4.78 is 1.76. The molecule has 0 unspecified atom stereocenters. The molecule has 112 valence electrons. The van der Waals surface area contributed by atoms with Crippen molar-refractivity contribution in [2.24, 2.45) is 0 Å². The van der Waals surface area contributed by atoms with Gasteiger partial charge in [-0.15, -0.1) is 11.3 Å². The van der Waals surface area contributed by atoms with Gasteiger partial charge in [0.05, 0.1) is 18.6 Å². The lowest BCUT2D eigenvalue weighted by Gasteiger charge is -2.16. The van der Waals surface area contributed by atoms with E-state index in [1.54, 1.807) is 46.6 Å². The largest absolute Gasteiger partial charge is 0.338 e. The molecule has 5 nitrogen and oxygen atoms in total. The van der Waals surface area contributed by atoms with E-state index in [1.165, 1.54) is 0 Å². The van der Waals surface area contributed by atoms with Crippen LogP contribution in [-0.4, -0.2) is 32.4 Å². The molecule has 0 atom stereocenters.